The molecule has 20 heavy (non-hydrogen) atoms. The molecule has 0 N–H and O–H groups in total. The van der Waals surface area contributed by atoms with Gasteiger partial charge in [-0.2, -0.15) is 0 Å². The molecule has 0 fully saturated rings. The molecule has 104 valence electrons. The molecule has 3 heteroatoms. The molecule has 2 rings (SSSR count). The van der Waals surface area contributed by atoms with Crippen LogP contribution in [0.3, 0.4) is 0 Å². The van der Waals surface area contributed by atoms with Crippen molar-refractivity contribution in [2.45, 2.75) is 20.8 Å². The molecule has 0 radical (unpaired) electrons. The summed E-state index contributed by atoms with van der Waals surface area (Å²) >= 11 is 5.99. The van der Waals surface area contributed by atoms with E-state index in [-0.39, 0.29) is 5.78 Å². The van der Waals surface area contributed by atoms with Gasteiger partial charge in [0.25, 0.3) is 0 Å². The molecule has 0 atom stereocenters. The summed E-state index contributed by atoms with van der Waals surface area (Å²) in [4.78, 5) is 12.7. The van der Waals surface area contributed by atoms with Crippen LogP contribution in [0.1, 0.15) is 32.6 Å². The number of ketones is 1. The lowest BCUT2D eigenvalue weighted by Crippen LogP contribution is -2.07. The molecule has 0 aliphatic heterocycles. The lowest BCUT2D eigenvalue weighted by molar-refractivity contribution is 0.103. The Labute approximate surface area is 124 Å². The monoisotopic (exact) mass is 288 g/mol. The first-order valence-corrected chi connectivity index (χ1v) is 6.78. The SMILES string of the molecule is COc1cc(C(=O)c2c(C)cc(C)cc2C)ccc1Cl. The lowest BCUT2D eigenvalue weighted by Gasteiger charge is -2.11. The van der Waals surface area contributed by atoms with Gasteiger partial charge in [-0.3, -0.25) is 4.79 Å². The Morgan fingerprint density at radius 1 is 1.05 bits per heavy atom. The van der Waals surface area contributed by atoms with Gasteiger partial charge in [0.2, 0.25) is 0 Å². The van der Waals surface area contributed by atoms with E-state index in [1.807, 2.05) is 32.9 Å². The molecule has 0 bridgehead atoms. The molecule has 2 aromatic rings. The van der Waals surface area contributed by atoms with Crippen molar-refractivity contribution in [3.63, 3.8) is 0 Å². The summed E-state index contributed by atoms with van der Waals surface area (Å²) in [6.45, 7) is 5.94. The summed E-state index contributed by atoms with van der Waals surface area (Å²) in [5.41, 5.74) is 4.47. The van der Waals surface area contributed by atoms with Crippen molar-refractivity contribution in [2.75, 3.05) is 7.11 Å². The molecular weight excluding hydrogens is 272 g/mol. The number of benzene rings is 2. The van der Waals surface area contributed by atoms with Gasteiger partial charge in [-0.1, -0.05) is 29.3 Å². The zero-order valence-corrected chi connectivity index (χ0v) is 12.8. The molecule has 0 unspecified atom stereocenters. The number of ether oxygens (including phenoxy) is 1. The Balaban J connectivity index is 2.52. The minimum absolute atomic E-state index is 0.00466. The maximum absolute atomic E-state index is 12.7. The van der Waals surface area contributed by atoms with Gasteiger partial charge < -0.3 is 4.74 Å². The Kier molecular flexibility index (Phi) is 4.15. The van der Waals surface area contributed by atoms with Crippen LogP contribution in [0.4, 0.5) is 0 Å². The predicted molar refractivity (Wildman–Crippen MR) is 82.1 cm³/mol. The third kappa shape index (κ3) is 2.70. The van der Waals surface area contributed by atoms with Crippen LogP contribution < -0.4 is 4.74 Å². The van der Waals surface area contributed by atoms with Crippen LogP contribution in [0.2, 0.25) is 5.02 Å². The Hall–Kier alpha value is -1.80. The molecular formula is C17H17ClO2. The molecule has 0 spiro atoms. The van der Waals surface area contributed by atoms with Gasteiger partial charge in [-0.15, -0.1) is 0 Å². The topological polar surface area (TPSA) is 26.3 Å². The van der Waals surface area contributed by atoms with Gasteiger partial charge >= 0.3 is 0 Å². The zero-order valence-electron chi connectivity index (χ0n) is 12.1. The first kappa shape index (κ1) is 14.6. The summed E-state index contributed by atoms with van der Waals surface area (Å²) < 4.78 is 5.17. The molecule has 0 aliphatic carbocycles. The van der Waals surface area contributed by atoms with Crippen molar-refractivity contribution in [3.8, 4) is 5.75 Å². The van der Waals surface area contributed by atoms with E-state index in [0.29, 0.717) is 16.3 Å². The first-order chi connectivity index (χ1) is 9.43. The molecule has 0 saturated heterocycles. The number of carbonyl (C=O) groups is 1. The highest BCUT2D eigenvalue weighted by atomic mass is 35.5. The molecule has 2 nitrogen and oxygen atoms in total. The number of rotatable bonds is 3. The van der Waals surface area contributed by atoms with Crippen LogP contribution in [-0.2, 0) is 0 Å². The second-order valence-electron chi connectivity index (χ2n) is 4.95. The van der Waals surface area contributed by atoms with E-state index < -0.39 is 0 Å². The van der Waals surface area contributed by atoms with Gasteiger partial charge in [0.05, 0.1) is 12.1 Å². The van der Waals surface area contributed by atoms with E-state index in [9.17, 15) is 4.79 Å². The van der Waals surface area contributed by atoms with Gasteiger partial charge in [0.15, 0.2) is 5.78 Å². The van der Waals surface area contributed by atoms with Crippen LogP contribution in [0.15, 0.2) is 30.3 Å². The van der Waals surface area contributed by atoms with Gasteiger partial charge in [0, 0.05) is 11.1 Å². The van der Waals surface area contributed by atoms with Crippen molar-refractivity contribution < 1.29 is 9.53 Å². The van der Waals surface area contributed by atoms with Crippen LogP contribution in [0.25, 0.3) is 0 Å². The van der Waals surface area contributed by atoms with E-state index in [1.54, 1.807) is 18.2 Å². The average molecular weight is 289 g/mol. The van der Waals surface area contributed by atoms with Crippen molar-refractivity contribution >= 4 is 17.4 Å². The summed E-state index contributed by atoms with van der Waals surface area (Å²) in [5.74, 6) is 0.509. The summed E-state index contributed by atoms with van der Waals surface area (Å²) in [7, 11) is 1.54. The standard InChI is InChI=1S/C17H17ClO2/c1-10-7-11(2)16(12(3)8-10)17(19)13-5-6-14(18)15(9-13)20-4/h5-9H,1-4H3. The number of aryl methyl sites for hydroxylation is 3. The second kappa shape index (κ2) is 5.68. The number of methoxy groups -OCH3 is 1. The minimum Gasteiger partial charge on any atom is -0.495 e. The highest BCUT2D eigenvalue weighted by Crippen LogP contribution is 2.27. The van der Waals surface area contributed by atoms with Crippen molar-refractivity contribution in [3.05, 3.63) is 63.2 Å². The predicted octanol–water partition coefficient (Wildman–Crippen LogP) is 4.50. The quantitative estimate of drug-likeness (QED) is 0.777. The molecule has 0 saturated carbocycles. The molecule has 0 amide bonds. The zero-order chi connectivity index (χ0) is 14.9. The summed E-state index contributed by atoms with van der Waals surface area (Å²) in [6, 6.07) is 9.14. The first-order valence-electron chi connectivity index (χ1n) is 6.40. The fraction of sp³-hybridized carbons (Fsp3) is 0.235. The van der Waals surface area contributed by atoms with E-state index in [4.69, 9.17) is 16.3 Å². The normalized spacial score (nSPS) is 10.4. The molecule has 2 aromatic carbocycles. The van der Waals surface area contributed by atoms with Gasteiger partial charge in [-0.05, 0) is 50.1 Å². The van der Waals surface area contributed by atoms with Gasteiger partial charge in [-0.25, -0.2) is 0 Å². The van der Waals surface area contributed by atoms with Crippen LogP contribution in [-0.4, -0.2) is 12.9 Å². The van der Waals surface area contributed by atoms with Crippen molar-refractivity contribution in [1.29, 1.82) is 0 Å². The van der Waals surface area contributed by atoms with Crippen LogP contribution in [0, 0.1) is 20.8 Å². The summed E-state index contributed by atoms with van der Waals surface area (Å²) in [6.07, 6.45) is 0. The van der Waals surface area contributed by atoms with E-state index in [0.717, 1.165) is 22.3 Å². The number of hydrogen-bond donors (Lipinski definition) is 0. The fourth-order valence-electron chi connectivity index (χ4n) is 2.48. The molecule has 0 aromatic heterocycles. The highest BCUT2D eigenvalue weighted by Gasteiger charge is 2.16. The fourth-order valence-corrected chi connectivity index (χ4v) is 2.68. The van der Waals surface area contributed by atoms with E-state index in [2.05, 4.69) is 0 Å². The van der Waals surface area contributed by atoms with E-state index >= 15 is 0 Å². The minimum atomic E-state index is -0.00466. The third-order valence-corrected chi connectivity index (χ3v) is 3.63. The Morgan fingerprint density at radius 3 is 2.20 bits per heavy atom. The maximum Gasteiger partial charge on any atom is 0.193 e. The lowest BCUT2D eigenvalue weighted by atomic mass is 9.93. The van der Waals surface area contributed by atoms with Crippen LogP contribution in [0.5, 0.6) is 5.75 Å². The van der Waals surface area contributed by atoms with Crippen molar-refractivity contribution in [2.24, 2.45) is 0 Å². The Bertz CT molecular complexity index is 652. The Morgan fingerprint density at radius 2 is 1.65 bits per heavy atom. The number of carbonyl (C=O) groups excluding carboxylic acids is 1. The van der Waals surface area contributed by atoms with Gasteiger partial charge in [0.1, 0.15) is 5.75 Å². The summed E-state index contributed by atoms with van der Waals surface area (Å²) in [5, 5.41) is 0.501. The molecule has 0 aliphatic rings. The van der Waals surface area contributed by atoms with Crippen molar-refractivity contribution in [1.82, 2.24) is 0 Å². The smallest absolute Gasteiger partial charge is 0.193 e. The average Bonchev–Trinajstić information content (AvgIpc) is 2.37. The second-order valence-corrected chi connectivity index (χ2v) is 5.36. The van der Waals surface area contributed by atoms with Crippen LogP contribution >= 0.6 is 11.6 Å². The number of halogens is 1. The largest absolute Gasteiger partial charge is 0.495 e. The number of hydrogen-bond acceptors (Lipinski definition) is 2. The third-order valence-electron chi connectivity index (χ3n) is 3.32. The molecule has 0 heterocycles. The maximum atomic E-state index is 12.7. The highest BCUT2D eigenvalue weighted by molar-refractivity contribution is 6.32. The van der Waals surface area contributed by atoms with E-state index in [1.165, 1.54) is 7.11 Å².